The maximum Gasteiger partial charge on any atom is 0.417 e. The second-order valence-corrected chi connectivity index (χ2v) is 6.54. The molecule has 0 spiro atoms. The molecule has 2 unspecified atom stereocenters. The van der Waals surface area contributed by atoms with E-state index in [0.717, 1.165) is 6.07 Å². The van der Waals surface area contributed by atoms with Gasteiger partial charge in [-0.3, -0.25) is 0 Å². The summed E-state index contributed by atoms with van der Waals surface area (Å²) < 4.78 is 43.4. The lowest BCUT2D eigenvalue weighted by Gasteiger charge is -2.22. The Morgan fingerprint density at radius 3 is 2.38 bits per heavy atom. The number of carbonyl (C=O) groups excluding carboxylic acids is 1. The van der Waals surface area contributed by atoms with E-state index >= 15 is 0 Å². The van der Waals surface area contributed by atoms with Gasteiger partial charge in [-0.25, -0.2) is 4.79 Å². The van der Waals surface area contributed by atoms with Crippen molar-refractivity contribution in [3.63, 3.8) is 0 Å². The molecule has 24 heavy (non-hydrogen) atoms. The highest BCUT2D eigenvalue weighted by Gasteiger charge is 2.34. The highest BCUT2D eigenvalue weighted by molar-refractivity contribution is 6.31. The molecule has 0 saturated carbocycles. The largest absolute Gasteiger partial charge is 0.444 e. The van der Waals surface area contributed by atoms with E-state index < -0.39 is 47.2 Å². The van der Waals surface area contributed by atoms with E-state index in [1.165, 1.54) is 6.07 Å². The Labute approximate surface area is 142 Å². The second-order valence-electron chi connectivity index (χ2n) is 6.13. The van der Waals surface area contributed by atoms with Gasteiger partial charge >= 0.3 is 12.3 Å². The highest BCUT2D eigenvalue weighted by Crippen LogP contribution is 2.36. The maximum atomic E-state index is 12.8. The zero-order valence-electron chi connectivity index (χ0n) is 13.3. The average Bonchev–Trinajstić information content (AvgIpc) is 2.41. The van der Waals surface area contributed by atoms with E-state index in [2.05, 4.69) is 5.32 Å². The molecule has 0 heterocycles. The Morgan fingerprint density at radius 2 is 1.88 bits per heavy atom. The lowest BCUT2D eigenvalue weighted by molar-refractivity contribution is -0.137. The van der Waals surface area contributed by atoms with Crippen LogP contribution in [-0.2, 0) is 10.9 Å². The fourth-order valence-corrected chi connectivity index (χ4v) is 2.00. The van der Waals surface area contributed by atoms with Crippen LogP contribution in [-0.4, -0.2) is 34.6 Å². The number of alkyl halides is 3. The number of hydrogen-bond donors (Lipinski definition) is 3. The molecular weight excluding hydrogens is 351 g/mol. The predicted molar refractivity (Wildman–Crippen MR) is 81.7 cm³/mol. The first-order valence-corrected chi connectivity index (χ1v) is 7.38. The van der Waals surface area contributed by atoms with Crippen LogP contribution in [0, 0.1) is 0 Å². The van der Waals surface area contributed by atoms with Gasteiger partial charge in [-0.1, -0.05) is 17.7 Å². The van der Waals surface area contributed by atoms with E-state index in [4.69, 9.17) is 16.3 Å². The van der Waals surface area contributed by atoms with Gasteiger partial charge in [0.15, 0.2) is 0 Å². The normalized spacial score (nSPS) is 14.9. The lowest BCUT2D eigenvalue weighted by Crippen LogP contribution is -2.38. The fourth-order valence-electron chi connectivity index (χ4n) is 1.78. The molecule has 2 atom stereocenters. The summed E-state index contributed by atoms with van der Waals surface area (Å²) in [4.78, 5) is 11.5. The van der Waals surface area contributed by atoms with Crippen molar-refractivity contribution >= 4 is 17.7 Å². The van der Waals surface area contributed by atoms with E-state index in [-0.39, 0.29) is 5.56 Å². The van der Waals surface area contributed by atoms with Crippen molar-refractivity contribution in [2.45, 2.75) is 44.8 Å². The minimum Gasteiger partial charge on any atom is -0.444 e. The fraction of sp³-hybridized carbons (Fsp3) is 0.533. The number of rotatable bonds is 4. The van der Waals surface area contributed by atoms with Gasteiger partial charge in [0.25, 0.3) is 0 Å². The molecule has 0 aliphatic rings. The summed E-state index contributed by atoms with van der Waals surface area (Å²) in [5, 5.41) is 21.5. The minimum absolute atomic E-state index is 0.176. The van der Waals surface area contributed by atoms with E-state index in [1.54, 1.807) is 20.8 Å². The number of aliphatic hydroxyl groups excluding tert-OH is 2. The van der Waals surface area contributed by atoms with Crippen LogP contribution in [0.25, 0.3) is 0 Å². The Bertz CT molecular complexity index is 587. The van der Waals surface area contributed by atoms with Gasteiger partial charge in [0, 0.05) is 6.54 Å². The van der Waals surface area contributed by atoms with Crippen molar-refractivity contribution in [1.82, 2.24) is 5.32 Å². The third-order valence-corrected chi connectivity index (χ3v) is 3.19. The van der Waals surface area contributed by atoms with Crippen molar-refractivity contribution in [3.8, 4) is 0 Å². The van der Waals surface area contributed by atoms with Crippen molar-refractivity contribution in [2.75, 3.05) is 6.54 Å². The number of halogens is 4. The summed E-state index contributed by atoms with van der Waals surface area (Å²) in [6.45, 7) is 4.53. The summed E-state index contributed by atoms with van der Waals surface area (Å²) in [5.74, 6) is 0. The molecule has 136 valence electrons. The van der Waals surface area contributed by atoms with Gasteiger partial charge in [0.1, 0.15) is 17.8 Å². The Hall–Kier alpha value is -1.51. The van der Waals surface area contributed by atoms with E-state index in [0.29, 0.717) is 6.07 Å². The van der Waals surface area contributed by atoms with Gasteiger partial charge in [-0.2, -0.15) is 13.2 Å². The molecule has 0 fully saturated rings. The second kappa shape index (κ2) is 7.58. The number of carbonyl (C=O) groups is 1. The van der Waals surface area contributed by atoms with Gasteiger partial charge in [0.2, 0.25) is 0 Å². The molecule has 0 saturated heterocycles. The first-order valence-electron chi connectivity index (χ1n) is 7.01. The lowest BCUT2D eigenvalue weighted by atomic mass is 10.0. The van der Waals surface area contributed by atoms with E-state index in [1.807, 2.05) is 0 Å². The monoisotopic (exact) mass is 369 g/mol. The number of aliphatic hydroxyl groups is 2. The van der Waals surface area contributed by atoms with Gasteiger partial charge in [-0.15, -0.1) is 0 Å². The van der Waals surface area contributed by atoms with Crippen LogP contribution in [0.15, 0.2) is 18.2 Å². The molecule has 1 aromatic carbocycles. The molecule has 1 rings (SSSR count). The topological polar surface area (TPSA) is 78.8 Å². The van der Waals surface area contributed by atoms with Gasteiger partial charge in [0.05, 0.1) is 10.6 Å². The zero-order valence-corrected chi connectivity index (χ0v) is 14.1. The van der Waals surface area contributed by atoms with Crippen molar-refractivity contribution in [2.24, 2.45) is 0 Å². The standard InChI is InChI=1S/C15H19ClF3NO4/c1-14(2,3)24-13(23)20-7-11(21)12(22)8-4-5-10(16)9(6-8)15(17,18)19/h4-6,11-12,21-22H,7H2,1-3H3,(H,20,23). The molecule has 1 aromatic rings. The first-order chi connectivity index (χ1) is 10.8. The van der Waals surface area contributed by atoms with Gasteiger partial charge in [-0.05, 0) is 38.5 Å². The Balaban J connectivity index is 2.76. The molecule has 5 nitrogen and oxygen atoms in total. The SMILES string of the molecule is CC(C)(C)OC(=O)NCC(O)C(O)c1ccc(Cl)c(C(F)(F)F)c1. The minimum atomic E-state index is -4.69. The number of ether oxygens (including phenoxy) is 1. The molecule has 0 aliphatic carbocycles. The number of nitrogens with one attached hydrogen (secondary N) is 1. The summed E-state index contributed by atoms with van der Waals surface area (Å²) >= 11 is 5.49. The number of hydrogen-bond acceptors (Lipinski definition) is 4. The molecule has 9 heteroatoms. The smallest absolute Gasteiger partial charge is 0.417 e. The predicted octanol–water partition coefficient (Wildman–Crippen LogP) is 3.28. The van der Waals surface area contributed by atoms with Crippen LogP contribution in [0.2, 0.25) is 5.02 Å². The van der Waals surface area contributed by atoms with Crippen LogP contribution >= 0.6 is 11.6 Å². The number of benzene rings is 1. The quantitative estimate of drug-likeness (QED) is 0.761. The van der Waals surface area contributed by atoms with Crippen molar-refractivity contribution in [1.29, 1.82) is 0 Å². The molecule has 0 aromatic heterocycles. The van der Waals surface area contributed by atoms with Crippen LogP contribution in [0.5, 0.6) is 0 Å². The first kappa shape index (κ1) is 20.5. The maximum absolute atomic E-state index is 12.8. The third-order valence-electron chi connectivity index (χ3n) is 2.86. The van der Waals surface area contributed by atoms with E-state index in [9.17, 15) is 28.2 Å². The molecular formula is C15H19ClF3NO4. The molecule has 0 bridgehead atoms. The highest BCUT2D eigenvalue weighted by atomic mass is 35.5. The van der Waals surface area contributed by atoms with Crippen LogP contribution in [0.1, 0.15) is 38.0 Å². The molecule has 0 radical (unpaired) electrons. The van der Waals surface area contributed by atoms with Gasteiger partial charge < -0.3 is 20.3 Å². The number of alkyl carbamates (subject to hydrolysis) is 1. The Morgan fingerprint density at radius 1 is 1.29 bits per heavy atom. The third kappa shape index (κ3) is 6.18. The molecule has 3 N–H and O–H groups in total. The summed E-state index contributed by atoms with van der Waals surface area (Å²) in [6, 6.07) is 2.81. The summed E-state index contributed by atoms with van der Waals surface area (Å²) in [6.07, 6.45) is -8.68. The number of amides is 1. The van der Waals surface area contributed by atoms with Crippen LogP contribution in [0.4, 0.5) is 18.0 Å². The van der Waals surface area contributed by atoms with Crippen molar-refractivity contribution < 1.29 is 32.9 Å². The summed E-state index contributed by atoms with van der Waals surface area (Å²) in [7, 11) is 0. The average molecular weight is 370 g/mol. The Kier molecular flexibility index (Phi) is 6.49. The molecule has 0 aliphatic heterocycles. The zero-order chi connectivity index (χ0) is 18.7. The molecule has 1 amide bonds. The van der Waals surface area contributed by atoms with Crippen molar-refractivity contribution in [3.05, 3.63) is 34.3 Å². The van der Waals surface area contributed by atoms with Crippen LogP contribution in [0.3, 0.4) is 0 Å². The van der Waals surface area contributed by atoms with Crippen LogP contribution < -0.4 is 5.32 Å². The summed E-state index contributed by atoms with van der Waals surface area (Å²) in [5.41, 5.74) is -2.04.